The van der Waals surface area contributed by atoms with Crippen LogP contribution in [0.2, 0.25) is 5.02 Å². The predicted molar refractivity (Wildman–Crippen MR) is 71.0 cm³/mol. The number of aromatic nitrogens is 1. The molecule has 0 unspecified atom stereocenters. The Balaban J connectivity index is 2.35. The average molecular weight is 317 g/mol. The highest BCUT2D eigenvalue weighted by molar-refractivity contribution is 9.10. The second-order valence-corrected chi connectivity index (χ2v) is 4.64. The first-order valence-corrected chi connectivity index (χ1v) is 5.87. The predicted octanol–water partition coefficient (Wildman–Crippen LogP) is 3.96. The van der Waals surface area contributed by atoms with Gasteiger partial charge in [-0.25, -0.2) is 9.37 Å². The Kier molecular flexibility index (Phi) is 3.49. The highest BCUT2D eigenvalue weighted by Crippen LogP contribution is 2.27. The van der Waals surface area contributed by atoms with Crippen LogP contribution in [0, 0.1) is 5.82 Å². The highest BCUT2D eigenvalue weighted by Gasteiger charge is 2.08. The number of nitrogen functional groups attached to an aromatic ring is 1. The van der Waals surface area contributed by atoms with Crippen molar-refractivity contribution in [3.8, 4) is 0 Å². The van der Waals surface area contributed by atoms with Crippen LogP contribution >= 0.6 is 27.5 Å². The molecule has 0 saturated carbocycles. The molecule has 1 aromatic carbocycles. The third-order valence-electron chi connectivity index (χ3n) is 2.09. The lowest BCUT2D eigenvalue weighted by Gasteiger charge is -2.09. The van der Waals surface area contributed by atoms with Gasteiger partial charge in [0.15, 0.2) is 11.6 Å². The number of anilines is 3. The van der Waals surface area contributed by atoms with Crippen molar-refractivity contribution in [1.29, 1.82) is 0 Å². The van der Waals surface area contributed by atoms with Crippen molar-refractivity contribution in [2.24, 2.45) is 0 Å². The zero-order valence-electron chi connectivity index (χ0n) is 8.55. The van der Waals surface area contributed by atoms with Crippen molar-refractivity contribution in [2.45, 2.75) is 0 Å². The van der Waals surface area contributed by atoms with Crippen LogP contribution in [-0.2, 0) is 0 Å². The molecule has 0 fully saturated rings. The number of nitrogens with zero attached hydrogens (tertiary/aromatic N) is 1. The van der Waals surface area contributed by atoms with E-state index in [2.05, 4.69) is 26.2 Å². The summed E-state index contributed by atoms with van der Waals surface area (Å²) in [6.07, 6.45) is 1.57. The first-order valence-electron chi connectivity index (χ1n) is 4.70. The number of halogens is 3. The van der Waals surface area contributed by atoms with Crippen LogP contribution in [-0.4, -0.2) is 4.98 Å². The summed E-state index contributed by atoms with van der Waals surface area (Å²) in [4.78, 5) is 4.05. The molecular formula is C11H8BrClFN3. The topological polar surface area (TPSA) is 50.9 Å². The molecule has 0 bridgehead atoms. The van der Waals surface area contributed by atoms with Gasteiger partial charge in [-0.2, -0.15) is 0 Å². The number of nitrogens with two attached hydrogens (primary N) is 1. The van der Waals surface area contributed by atoms with Gasteiger partial charge in [-0.05, 0) is 34.1 Å². The Labute approximate surface area is 111 Å². The van der Waals surface area contributed by atoms with Gasteiger partial charge in [-0.15, -0.1) is 0 Å². The summed E-state index contributed by atoms with van der Waals surface area (Å²) in [5.74, 6) is -0.146. The minimum atomic E-state index is -0.529. The van der Waals surface area contributed by atoms with Crippen LogP contribution < -0.4 is 11.1 Å². The second kappa shape index (κ2) is 4.89. The van der Waals surface area contributed by atoms with Gasteiger partial charge in [0.2, 0.25) is 0 Å². The fourth-order valence-corrected chi connectivity index (χ4v) is 1.81. The molecule has 0 atom stereocenters. The van der Waals surface area contributed by atoms with Crippen molar-refractivity contribution in [1.82, 2.24) is 4.98 Å². The zero-order valence-corrected chi connectivity index (χ0v) is 10.9. The fourth-order valence-electron chi connectivity index (χ4n) is 1.29. The molecule has 0 amide bonds. The Morgan fingerprint density at radius 3 is 2.88 bits per heavy atom. The standard InChI is InChI=1S/C11H8BrClFN3/c12-6-4-8(15)11(16-5-6)17-9-3-1-2-7(13)10(9)14/h1-5H,15H2,(H,16,17). The number of nitrogens with one attached hydrogen (secondary N) is 1. The fraction of sp³-hybridized carbons (Fsp3) is 0. The van der Waals surface area contributed by atoms with Crippen molar-refractivity contribution in [3.05, 3.63) is 45.8 Å². The molecule has 2 aromatic rings. The molecule has 0 radical (unpaired) electrons. The van der Waals surface area contributed by atoms with E-state index in [0.29, 0.717) is 11.5 Å². The van der Waals surface area contributed by atoms with Gasteiger partial charge in [0.05, 0.1) is 16.4 Å². The maximum absolute atomic E-state index is 13.6. The summed E-state index contributed by atoms with van der Waals surface area (Å²) in [5, 5.41) is 2.84. The third-order valence-corrected chi connectivity index (χ3v) is 2.81. The van der Waals surface area contributed by atoms with E-state index < -0.39 is 5.82 Å². The van der Waals surface area contributed by atoms with E-state index in [1.807, 2.05) is 0 Å². The zero-order chi connectivity index (χ0) is 12.4. The van der Waals surface area contributed by atoms with Gasteiger partial charge in [0.1, 0.15) is 0 Å². The molecule has 1 aromatic heterocycles. The van der Waals surface area contributed by atoms with E-state index in [-0.39, 0.29) is 10.7 Å². The first kappa shape index (κ1) is 12.1. The quantitative estimate of drug-likeness (QED) is 0.881. The molecule has 1 heterocycles. The van der Waals surface area contributed by atoms with Crippen molar-refractivity contribution in [3.63, 3.8) is 0 Å². The average Bonchev–Trinajstić information content (AvgIpc) is 2.28. The van der Waals surface area contributed by atoms with Gasteiger partial charge in [-0.1, -0.05) is 17.7 Å². The Hall–Kier alpha value is -1.33. The molecule has 0 saturated heterocycles. The summed E-state index contributed by atoms with van der Waals surface area (Å²) < 4.78 is 14.4. The molecule has 3 nitrogen and oxygen atoms in total. The smallest absolute Gasteiger partial charge is 0.165 e. The SMILES string of the molecule is Nc1cc(Br)cnc1Nc1cccc(Cl)c1F. The lowest BCUT2D eigenvalue weighted by molar-refractivity contribution is 0.632. The summed E-state index contributed by atoms with van der Waals surface area (Å²) >= 11 is 8.91. The van der Waals surface area contributed by atoms with Crippen LogP contribution in [0.4, 0.5) is 21.6 Å². The summed E-state index contributed by atoms with van der Waals surface area (Å²) in [6.45, 7) is 0. The first-order chi connectivity index (χ1) is 8.08. The molecule has 3 N–H and O–H groups in total. The molecule has 6 heteroatoms. The van der Waals surface area contributed by atoms with E-state index >= 15 is 0 Å². The van der Waals surface area contributed by atoms with Crippen molar-refractivity contribution >= 4 is 44.7 Å². The number of hydrogen-bond donors (Lipinski definition) is 2. The molecule has 0 aliphatic rings. The maximum Gasteiger partial charge on any atom is 0.165 e. The van der Waals surface area contributed by atoms with Crippen molar-refractivity contribution < 1.29 is 4.39 Å². The van der Waals surface area contributed by atoms with E-state index in [4.69, 9.17) is 17.3 Å². The van der Waals surface area contributed by atoms with Crippen molar-refractivity contribution in [2.75, 3.05) is 11.1 Å². The van der Waals surface area contributed by atoms with Crippen LogP contribution in [0.25, 0.3) is 0 Å². The number of rotatable bonds is 2. The second-order valence-electron chi connectivity index (χ2n) is 3.32. The summed E-state index contributed by atoms with van der Waals surface area (Å²) in [6, 6.07) is 6.35. The van der Waals surface area contributed by atoms with Crippen LogP contribution in [0.3, 0.4) is 0 Å². The van der Waals surface area contributed by atoms with Gasteiger partial charge in [0, 0.05) is 10.7 Å². The molecule has 17 heavy (non-hydrogen) atoms. The third kappa shape index (κ3) is 2.68. The van der Waals surface area contributed by atoms with Gasteiger partial charge < -0.3 is 11.1 Å². The highest BCUT2D eigenvalue weighted by atomic mass is 79.9. The molecule has 88 valence electrons. The van der Waals surface area contributed by atoms with Gasteiger partial charge >= 0.3 is 0 Å². The lowest BCUT2D eigenvalue weighted by atomic mass is 10.3. The number of benzene rings is 1. The van der Waals surface area contributed by atoms with E-state index in [0.717, 1.165) is 4.47 Å². The van der Waals surface area contributed by atoms with Gasteiger partial charge in [0.25, 0.3) is 0 Å². The summed E-state index contributed by atoms with van der Waals surface area (Å²) in [5.41, 5.74) is 6.40. The summed E-state index contributed by atoms with van der Waals surface area (Å²) in [7, 11) is 0. The Morgan fingerprint density at radius 2 is 2.18 bits per heavy atom. The van der Waals surface area contributed by atoms with E-state index in [1.165, 1.54) is 6.07 Å². The molecule has 0 aliphatic heterocycles. The minimum Gasteiger partial charge on any atom is -0.396 e. The van der Waals surface area contributed by atoms with E-state index in [9.17, 15) is 4.39 Å². The molecule has 2 rings (SSSR count). The normalized spacial score (nSPS) is 10.3. The molecule has 0 spiro atoms. The van der Waals surface area contributed by atoms with Crippen LogP contribution in [0.5, 0.6) is 0 Å². The maximum atomic E-state index is 13.6. The Bertz CT molecular complexity index is 562. The largest absolute Gasteiger partial charge is 0.396 e. The van der Waals surface area contributed by atoms with Gasteiger partial charge in [-0.3, -0.25) is 0 Å². The molecule has 0 aliphatic carbocycles. The minimum absolute atomic E-state index is 0.0469. The number of pyridine rings is 1. The molecular weight excluding hydrogens is 308 g/mol. The van der Waals surface area contributed by atoms with Crippen LogP contribution in [0.15, 0.2) is 34.9 Å². The monoisotopic (exact) mass is 315 g/mol. The van der Waals surface area contributed by atoms with Crippen LogP contribution in [0.1, 0.15) is 0 Å². The Morgan fingerprint density at radius 1 is 1.41 bits per heavy atom. The van der Waals surface area contributed by atoms with E-state index in [1.54, 1.807) is 24.4 Å². The lowest BCUT2D eigenvalue weighted by Crippen LogP contribution is -2.00. The number of hydrogen-bond acceptors (Lipinski definition) is 3.